The molecule has 0 heterocycles. The van der Waals surface area contributed by atoms with E-state index in [0.29, 0.717) is 0 Å². The molecule has 0 atom stereocenters. The molecule has 0 aliphatic heterocycles. The molecule has 2 N–H and O–H groups in total. The molecule has 1 aromatic rings. The van der Waals surface area contributed by atoms with Gasteiger partial charge in [0.2, 0.25) is 0 Å². The maximum atomic E-state index is 12.0. The molecule has 17 heavy (non-hydrogen) atoms. The van der Waals surface area contributed by atoms with Gasteiger partial charge in [-0.2, -0.15) is 8.78 Å². The summed E-state index contributed by atoms with van der Waals surface area (Å²) >= 11 is 2.72. The van der Waals surface area contributed by atoms with Crippen LogP contribution >= 0.6 is 15.9 Å². The summed E-state index contributed by atoms with van der Waals surface area (Å²) in [4.78, 5) is 0. The van der Waals surface area contributed by atoms with Crippen LogP contribution in [0.2, 0.25) is 0 Å². The van der Waals surface area contributed by atoms with Crippen LogP contribution in [0.5, 0.6) is 11.5 Å². The zero-order valence-electron chi connectivity index (χ0n) is 7.89. The fourth-order valence-corrected chi connectivity index (χ4v) is 1.37. The van der Waals surface area contributed by atoms with E-state index < -0.39 is 30.2 Å². The Morgan fingerprint density at radius 3 is 2.24 bits per heavy atom. The zero-order chi connectivity index (χ0) is 13.2. The molecule has 9 heteroatoms. The molecule has 0 radical (unpaired) electrons. The standard InChI is InChI=1S/C8H5BrF5NO2/c9-3-1-2-4(15)6(16-7(10)11)5(3)17-8(12,13)14/h1-2,7H,15H2. The Labute approximate surface area is 100 Å². The van der Waals surface area contributed by atoms with Crippen molar-refractivity contribution in [3.05, 3.63) is 16.6 Å². The van der Waals surface area contributed by atoms with Gasteiger partial charge >= 0.3 is 13.0 Å². The lowest BCUT2D eigenvalue weighted by Gasteiger charge is -2.16. The summed E-state index contributed by atoms with van der Waals surface area (Å²) in [5, 5.41) is 0. The molecule has 1 rings (SSSR count). The summed E-state index contributed by atoms with van der Waals surface area (Å²) < 4.78 is 67.4. The minimum atomic E-state index is -5.05. The number of hydrogen-bond donors (Lipinski definition) is 1. The van der Waals surface area contributed by atoms with E-state index in [4.69, 9.17) is 5.73 Å². The molecule has 3 nitrogen and oxygen atoms in total. The summed E-state index contributed by atoms with van der Waals surface area (Å²) in [6.07, 6.45) is -5.05. The van der Waals surface area contributed by atoms with Crippen LogP contribution in [0.15, 0.2) is 16.6 Å². The number of nitrogens with two attached hydrogens (primary N) is 1. The summed E-state index contributed by atoms with van der Waals surface area (Å²) in [6, 6.07) is 2.22. The summed E-state index contributed by atoms with van der Waals surface area (Å²) in [7, 11) is 0. The Morgan fingerprint density at radius 2 is 1.76 bits per heavy atom. The maximum absolute atomic E-state index is 12.0. The van der Waals surface area contributed by atoms with E-state index in [1.54, 1.807) is 0 Å². The van der Waals surface area contributed by atoms with Crippen molar-refractivity contribution in [1.29, 1.82) is 0 Å². The first-order valence-electron chi connectivity index (χ1n) is 3.99. The molecule has 0 spiro atoms. The van der Waals surface area contributed by atoms with Crippen molar-refractivity contribution in [2.45, 2.75) is 13.0 Å². The number of benzene rings is 1. The second kappa shape index (κ2) is 4.94. The van der Waals surface area contributed by atoms with Crippen molar-refractivity contribution >= 4 is 21.6 Å². The number of nitrogen functional groups attached to an aromatic ring is 1. The Balaban J connectivity index is 3.20. The average molecular weight is 322 g/mol. The van der Waals surface area contributed by atoms with Crippen LogP contribution in [0.1, 0.15) is 0 Å². The Kier molecular flexibility index (Phi) is 4.02. The minimum absolute atomic E-state index is 0.209. The van der Waals surface area contributed by atoms with Crippen LogP contribution in [-0.2, 0) is 0 Å². The lowest BCUT2D eigenvalue weighted by atomic mass is 10.3. The molecule has 0 saturated carbocycles. The molecule has 96 valence electrons. The topological polar surface area (TPSA) is 44.5 Å². The smallest absolute Gasteiger partial charge is 0.429 e. The van der Waals surface area contributed by atoms with Crippen molar-refractivity contribution in [2.75, 3.05) is 5.73 Å². The SMILES string of the molecule is Nc1ccc(Br)c(OC(F)(F)F)c1OC(F)F. The van der Waals surface area contributed by atoms with Crippen LogP contribution in [0.4, 0.5) is 27.6 Å². The highest BCUT2D eigenvalue weighted by atomic mass is 79.9. The number of alkyl halides is 5. The third-order valence-electron chi connectivity index (χ3n) is 1.52. The van der Waals surface area contributed by atoms with Crippen LogP contribution in [0.3, 0.4) is 0 Å². The largest absolute Gasteiger partial charge is 0.573 e. The fraction of sp³-hybridized carbons (Fsp3) is 0.250. The number of halogens is 6. The van der Waals surface area contributed by atoms with Gasteiger partial charge in [-0.15, -0.1) is 13.2 Å². The van der Waals surface area contributed by atoms with Gasteiger partial charge in [-0.3, -0.25) is 0 Å². The molecule has 0 aliphatic carbocycles. The van der Waals surface area contributed by atoms with Gasteiger partial charge in [-0.25, -0.2) is 0 Å². The molecule has 0 aromatic heterocycles. The first kappa shape index (κ1) is 13.8. The Morgan fingerprint density at radius 1 is 1.18 bits per heavy atom. The van der Waals surface area contributed by atoms with Crippen LogP contribution in [-0.4, -0.2) is 13.0 Å². The molecule has 0 aliphatic rings. The molecular formula is C8H5BrF5NO2. The molecule has 0 fully saturated rings. The number of ether oxygens (including phenoxy) is 2. The van der Waals surface area contributed by atoms with Gasteiger partial charge in [-0.1, -0.05) is 0 Å². The van der Waals surface area contributed by atoms with Gasteiger partial charge < -0.3 is 15.2 Å². The van der Waals surface area contributed by atoms with E-state index in [2.05, 4.69) is 25.4 Å². The first-order chi connectivity index (χ1) is 7.70. The van der Waals surface area contributed by atoms with Crippen molar-refractivity contribution in [3.63, 3.8) is 0 Å². The van der Waals surface area contributed by atoms with Crippen LogP contribution in [0.25, 0.3) is 0 Å². The highest BCUT2D eigenvalue weighted by molar-refractivity contribution is 9.10. The molecule has 0 unspecified atom stereocenters. The van der Waals surface area contributed by atoms with Crippen molar-refractivity contribution in [2.24, 2.45) is 0 Å². The van der Waals surface area contributed by atoms with Crippen LogP contribution in [0, 0.1) is 0 Å². The lowest BCUT2D eigenvalue weighted by molar-refractivity contribution is -0.275. The van der Waals surface area contributed by atoms with Gasteiger partial charge in [0.05, 0.1) is 10.2 Å². The van der Waals surface area contributed by atoms with Crippen molar-refractivity contribution < 1.29 is 31.4 Å². The minimum Gasteiger partial charge on any atom is -0.429 e. The zero-order valence-corrected chi connectivity index (χ0v) is 9.48. The predicted octanol–water partition coefficient (Wildman–Crippen LogP) is 3.53. The third kappa shape index (κ3) is 3.91. The Bertz CT molecular complexity index is 410. The number of hydrogen-bond acceptors (Lipinski definition) is 3. The molecular weight excluding hydrogens is 317 g/mol. The van der Waals surface area contributed by atoms with Gasteiger partial charge in [0.1, 0.15) is 0 Å². The number of rotatable bonds is 3. The molecule has 0 bridgehead atoms. The van der Waals surface area contributed by atoms with Crippen molar-refractivity contribution in [1.82, 2.24) is 0 Å². The molecule has 0 amide bonds. The average Bonchev–Trinajstić information content (AvgIpc) is 2.15. The first-order valence-corrected chi connectivity index (χ1v) is 4.78. The second-order valence-electron chi connectivity index (χ2n) is 2.72. The predicted molar refractivity (Wildman–Crippen MR) is 51.9 cm³/mol. The van der Waals surface area contributed by atoms with E-state index in [1.807, 2.05) is 0 Å². The highest BCUT2D eigenvalue weighted by Gasteiger charge is 2.34. The Hall–Kier alpha value is -1.25. The quantitative estimate of drug-likeness (QED) is 0.684. The fourth-order valence-electron chi connectivity index (χ4n) is 0.975. The molecule has 1 aromatic carbocycles. The van der Waals surface area contributed by atoms with Gasteiger partial charge in [0.15, 0.2) is 11.5 Å². The maximum Gasteiger partial charge on any atom is 0.573 e. The van der Waals surface area contributed by atoms with Gasteiger partial charge in [0.25, 0.3) is 0 Å². The van der Waals surface area contributed by atoms with Crippen molar-refractivity contribution in [3.8, 4) is 11.5 Å². The van der Waals surface area contributed by atoms with Gasteiger partial charge in [0, 0.05) is 0 Å². The summed E-state index contributed by atoms with van der Waals surface area (Å²) in [5.41, 5.74) is 4.84. The third-order valence-corrected chi connectivity index (χ3v) is 2.14. The van der Waals surface area contributed by atoms with E-state index in [9.17, 15) is 22.0 Å². The van der Waals surface area contributed by atoms with E-state index in [0.717, 1.165) is 12.1 Å². The highest BCUT2D eigenvalue weighted by Crippen LogP contribution is 2.43. The van der Waals surface area contributed by atoms with Gasteiger partial charge in [-0.05, 0) is 28.1 Å². The summed E-state index contributed by atoms with van der Waals surface area (Å²) in [5.74, 6) is -1.82. The van der Waals surface area contributed by atoms with E-state index >= 15 is 0 Å². The monoisotopic (exact) mass is 321 g/mol. The second-order valence-corrected chi connectivity index (χ2v) is 3.58. The van der Waals surface area contributed by atoms with E-state index in [1.165, 1.54) is 0 Å². The van der Waals surface area contributed by atoms with Crippen LogP contribution < -0.4 is 15.2 Å². The summed E-state index contributed by atoms with van der Waals surface area (Å²) in [6.45, 7) is -3.32. The number of anilines is 1. The van der Waals surface area contributed by atoms with E-state index in [-0.39, 0.29) is 4.47 Å². The normalized spacial score (nSPS) is 11.7. The molecule has 0 saturated heterocycles. The lowest BCUT2D eigenvalue weighted by Crippen LogP contribution is -2.19.